The van der Waals surface area contributed by atoms with Gasteiger partial charge in [-0.05, 0) is 55.8 Å². The van der Waals surface area contributed by atoms with Crippen LogP contribution in [0.25, 0.3) is 5.57 Å². The van der Waals surface area contributed by atoms with Crippen LogP contribution in [0, 0.1) is 12.3 Å². The van der Waals surface area contributed by atoms with E-state index in [1.165, 1.54) is 6.21 Å². The van der Waals surface area contributed by atoms with Crippen LogP contribution in [0.15, 0.2) is 47.8 Å². The van der Waals surface area contributed by atoms with Crippen molar-refractivity contribution >= 4 is 45.8 Å². The molecule has 2 heterocycles. The summed E-state index contributed by atoms with van der Waals surface area (Å²) in [6.45, 7) is 1.82. The summed E-state index contributed by atoms with van der Waals surface area (Å²) in [7, 11) is 0.769. The second kappa shape index (κ2) is 10.6. The Labute approximate surface area is 194 Å². The predicted molar refractivity (Wildman–Crippen MR) is 129 cm³/mol. The zero-order chi connectivity index (χ0) is 23.3. The summed E-state index contributed by atoms with van der Waals surface area (Å²) in [4.78, 5) is 21.3. The Kier molecular flexibility index (Phi) is 7.89. The van der Waals surface area contributed by atoms with Gasteiger partial charge in [0.2, 0.25) is 0 Å². The number of amides is 1. The van der Waals surface area contributed by atoms with Crippen LogP contribution in [0.3, 0.4) is 0 Å². The van der Waals surface area contributed by atoms with E-state index in [4.69, 9.17) is 17.0 Å². The van der Waals surface area contributed by atoms with Crippen LogP contribution in [0.2, 0.25) is 5.15 Å². The van der Waals surface area contributed by atoms with Crippen molar-refractivity contribution in [3.05, 3.63) is 69.9 Å². The van der Waals surface area contributed by atoms with Crippen molar-refractivity contribution in [3.63, 3.8) is 0 Å². The fourth-order valence-corrected chi connectivity index (χ4v) is 3.89. The molecule has 1 aliphatic carbocycles. The van der Waals surface area contributed by atoms with Crippen molar-refractivity contribution in [1.29, 1.82) is 5.41 Å². The van der Waals surface area contributed by atoms with Crippen molar-refractivity contribution in [2.24, 2.45) is 0 Å². The zero-order valence-corrected chi connectivity index (χ0v) is 19.6. The van der Waals surface area contributed by atoms with E-state index in [9.17, 15) is 9.00 Å². The molecule has 0 bridgehead atoms. The third-order valence-electron chi connectivity index (χ3n) is 4.98. The molecule has 2 aromatic heterocycles. The first-order chi connectivity index (χ1) is 15.3. The average Bonchev–Trinajstić information content (AvgIpc) is 2.77. The van der Waals surface area contributed by atoms with Crippen molar-refractivity contribution in [1.82, 2.24) is 20.6 Å². The van der Waals surface area contributed by atoms with E-state index < -0.39 is 10.8 Å². The topological polar surface area (TPSA) is 120 Å². The number of pyridine rings is 2. The number of likely N-dealkylation sites (N-methyl/N-ethyl adjacent to an activating group) is 1. The summed E-state index contributed by atoms with van der Waals surface area (Å²) in [5, 5.41) is 17.3. The molecule has 1 aliphatic rings. The Balaban J connectivity index is 1.97. The molecule has 168 valence electrons. The largest absolute Gasteiger partial charge is 0.371 e. The quantitative estimate of drug-likeness (QED) is 0.346. The normalized spacial score (nSPS) is 16.9. The third-order valence-corrected chi connectivity index (χ3v) is 5.83. The summed E-state index contributed by atoms with van der Waals surface area (Å²) in [5.41, 5.74) is 4.53. The van der Waals surface area contributed by atoms with Crippen molar-refractivity contribution in [2.45, 2.75) is 19.4 Å². The maximum atomic E-state index is 12.8. The monoisotopic (exact) mass is 472 g/mol. The van der Waals surface area contributed by atoms with E-state index in [1.807, 2.05) is 32.2 Å². The average molecular weight is 473 g/mol. The maximum Gasteiger partial charge on any atom is 0.274 e. The number of carbonyl (C=O) groups excluding carboxylic acids is 1. The molecular formula is C22H25ClN6O2S. The fraction of sp³-hybridized carbons (Fsp3) is 0.273. The summed E-state index contributed by atoms with van der Waals surface area (Å²) in [6.07, 6.45) is 6.94. The van der Waals surface area contributed by atoms with E-state index in [-0.39, 0.29) is 23.0 Å². The predicted octanol–water partition coefficient (Wildman–Crippen LogP) is 2.90. The minimum absolute atomic E-state index is 0.177. The van der Waals surface area contributed by atoms with Gasteiger partial charge in [-0.3, -0.25) is 9.00 Å². The number of rotatable bonds is 8. The van der Waals surface area contributed by atoms with Crippen LogP contribution in [0.1, 0.15) is 28.2 Å². The summed E-state index contributed by atoms with van der Waals surface area (Å²) < 4.78 is 11.4. The van der Waals surface area contributed by atoms with Crippen LogP contribution in [-0.2, 0) is 10.8 Å². The Morgan fingerprint density at radius 2 is 2.19 bits per heavy atom. The van der Waals surface area contributed by atoms with Crippen molar-refractivity contribution < 1.29 is 9.00 Å². The van der Waals surface area contributed by atoms with Gasteiger partial charge in [0, 0.05) is 52.5 Å². The lowest BCUT2D eigenvalue weighted by Gasteiger charge is -2.27. The molecule has 3 rings (SSSR count). The lowest BCUT2D eigenvalue weighted by Crippen LogP contribution is -2.35. The van der Waals surface area contributed by atoms with Gasteiger partial charge < -0.3 is 21.4 Å². The SMILES string of the molecule is CNC1CC(c2cnc(Cl)c(NCS(C)=O)c2)=CC(NC(=O)c2cccc(C)n2)=C1C=N. The maximum absolute atomic E-state index is 12.8. The summed E-state index contributed by atoms with van der Waals surface area (Å²) in [6, 6.07) is 6.91. The van der Waals surface area contributed by atoms with Crippen LogP contribution in [0.4, 0.5) is 5.69 Å². The molecule has 1 amide bonds. The molecule has 2 aromatic rings. The van der Waals surface area contributed by atoms with E-state index in [0.29, 0.717) is 29.1 Å². The Morgan fingerprint density at radius 3 is 2.84 bits per heavy atom. The van der Waals surface area contributed by atoms with Crippen LogP contribution < -0.4 is 16.0 Å². The van der Waals surface area contributed by atoms with Gasteiger partial charge in [0.25, 0.3) is 5.91 Å². The minimum atomic E-state index is -1.04. The van der Waals surface area contributed by atoms with E-state index >= 15 is 0 Å². The number of allylic oxidation sites excluding steroid dienone is 1. The number of nitrogens with one attached hydrogen (secondary N) is 4. The van der Waals surface area contributed by atoms with Gasteiger partial charge in [0.15, 0.2) is 5.15 Å². The van der Waals surface area contributed by atoms with Crippen LogP contribution in [0.5, 0.6) is 0 Å². The van der Waals surface area contributed by atoms with Gasteiger partial charge in [-0.25, -0.2) is 9.97 Å². The van der Waals surface area contributed by atoms with Gasteiger partial charge in [-0.2, -0.15) is 0 Å². The molecule has 0 aromatic carbocycles. The highest BCUT2D eigenvalue weighted by Crippen LogP contribution is 2.32. The van der Waals surface area contributed by atoms with Gasteiger partial charge in [-0.1, -0.05) is 17.7 Å². The van der Waals surface area contributed by atoms with Gasteiger partial charge >= 0.3 is 0 Å². The lowest BCUT2D eigenvalue weighted by atomic mass is 9.88. The highest BCUT2D eigenvalue weighted by atomic mass is 35.5. The highest BCUT2D eigenvalue weighted by molar-refractivity contribution is 7.84. The number of hydrogen-bond acceptors (Lipinski definition) is 7. The van der Waals surface area contributed by atoms with E-state index in [0.717, 1.165) is 16.8 Å². The highest BCUT2D eigenvalue weighted by Gasteiger charge is 2.24. The smallest absolute Gasteiger partial charge is 0.274 e. The molecule has 4 N–H and O–H groups in total. The molecule has 8 nitrogen and oxygen atoms in total. The summed E-state index contributed by atoms with van der Waals surface area (Å²) in [5.74, 6) is -0.0940. The molecule has 2 unspecified atom stereocenters. The zero-order valence-electron chi connectivity index (χ0n) is 18.0. The second-order valence-corrected chi connectivity index (χ2v) is 9.10. The molecule has 0 radical (unpaired) electrons. The van der Waals surface area contributed by atoms with Gasteiger partial charge in [-0.15, -0.1) is 0 Å². The van der Waals surface area contributed by atoms with Gasteiger partial charge in [0.05, 0.1) is 11.6 Å². The molecule has 32 heavy (non-hydrogen) atoms. The van der Waals surface area contributed by atoms with E-state index in [2.05, 4.69) is 25.9 Å². The van der Waals surface area contributed by atoms with E-state index in [1.54, 1.807) is 24.6 Å². The number of halogens is 1. The second-order valence-electron chi connectivity index (χ2n) is 7.30. The molecule has 0 saturated heterocycles. The first-order valence-electron chi connectivity index (χ1n) is 9.89. The molecule has 10 heteroatoms. The van der Waals surface area contributed by atoms with Crippen LogP contribution >= 0.6 is 11.6 Å². The molecule has 0 spiro atoms. The Bertz CT molecular complexity index is 1130. The third kappa shape index (κ3) is 5.67. The number of aryl methyl sites for hydroxylation is 1. The molecule has 2 atom stereocenters. The summed E-state index contributed by atoms with van der Waals surface area (Å²) >= 11 is 6.19. The molecular weight excluding hydrogens is 448 g/mol. The van der Waals surface area contributed by atoms with Crippen molar-refractivity contribution in [3.8, 4) is 0 Å². The Morgan fingerprint density at radius 1 is 1.41 bits per heavy atom. The fourth-order valence-electron chi connectivity index (χ4n) is 3.36. The molecule has 0 fully saturated rings. The first kappa shape index (κ1) is 23.8. The van der Waals surface area contributed by atoms with Crippen molar-refractivity contribution in [2.75, 3.05) is 24.5 Å². The van der Waals surface area contributed by atoms with Crippen LogP contribution in [-0.4, -0.2) is 51.5 Å². The number of aromatic nitrogens is 2. The molecule has 0 aliphatic heterocycles. The van der Waals surface area contributed by atoms with Gasteiger partial charge in [0.1, 0.15) is 5.69 Å². The molecule has 0 saturated carbocycles. The minimum Gasteiger partial charge on any atom is -0.371 e. The lowest BCUT2D eigenvalue weighted by molar-refractivity contribution is 0.0961. The standard InChI is InChI=1S/C22H25ClN6O2S/c1-13-5-4-6-17(28-13)22(30)29-19-8-14(7-18(25-2)16(19)10-24)15-9-20(21(23)26-11-15)27-12-32(3)31/h4-6,8-11,18,24-25,27H,7,12H2,1-3H3,(H,29,30). The number of anilines is 1. The number of carbonyl (C=O) groups is 1. The first-order valence-corrected chi connectivity index (χ1v) is 12.0. The number of hydrogen-bond donors (Lipinski definition) is 4. The number of nitrogens with zero attached hydrogens (tertiary/aromatic N) is 2. The Hall–Kier alpha value is -2.88.